The van der Waals surface area contributed by atoms with Crippen molar-refractivity contribution in [1.82, 2.24) is 9.78 Å². The second kappa shape index (κ2) is 6.38. The molecule has 5 heteroatoms. The van der Waals surface area contributed by atoms with Crippen LogP contribution < -0.4 is 0 Å². The summed E-state index contributed by atoms with van der Waals surface area (Å²) in [6, 6.07) is 11.4. The van der Waals surface area contributed by atoms with Gasteiger partial charge in [0.05, 0.1) is 18.8 Å². The number of aromatic nitrogens is 2. The van der Waals surface area contributed by atoms with Crippen LogP contribution in [-0.2, 0) is 11.3 Å². The van der Waals surface area contributed by atoms with E-state index in [0.717, 1.165) is 11.3 Å². The maximum absolute atomic E-state index is 11.9. The molecule has 0 saturated carbocycles. The Kier molecular flexibility index (Phi) is 4.58. The Balaban J connectivity index is 2.37. The monoisotopic (exact) mass is 278 g/mol. The zero-order valence-corrected chi connectivity index (χ0v) is 11.4. The first-order valence-corrected chi connectivity index (χ1v) is 6.66. The highest BCUT2D eigenvalue weighted by atomic mass is 35.5. The third kappa shape index (κ3) is 3.15. The molecular formula is C14H15ClN2O2. The van der Waals surface area contributed by atoms with Gasteiger partial charge in [0.2, 0.25) is 0 Å². The van der Waals surface area contributed by atoms with E-state index in [1.807, 2.05) is 30.3 Å². The first-order chi connectivity index (χ1) is 9.26. The summed E-state index contributed by atoms with van der Waals surface area (Å²) in [6.07, 6.45) is 0. The number of ether oxygens (including phenoxy) is 1. The number of esters is 1. The number of nitrogens with zero attached hydrogens (tertiary/aromatic N) is 2. The lowest BCUT2D eigenvalue weighted by Crippen LogP contribution is -2.13. The Bertz CT molecular complexity index is 552. The molecule has 2 aromatic rings. The van der Waals surface area contributed by atoms with Crippen molar-refractivity contribution in [3.05, 3.63) is 42.1 Å². The standard InChI is InChI=1S/C14H15ClN2O2/c1-2-19-14(18)13-10-12(16-17(13)9-8-15)11-6-4-3-5-7-11/h3-7,10H,2,8-9H2,1H3. The second-order valence-electron chi connectivity index (χ2n) is 3.91. The Morgan fingerprint density at radius 1 is 1.37 bits per heavy atom. The van der Waals surface area contributed by atoms with Gasteiger partial charge in [-0.15, -0.1) is 11.6 Å². The topological polar surface area (TPSA) is 44.1 Å². The van der Waals surface area contributed by atoms with Crippen molar-refractivity contribution in [3.63, 3.8) is 0 Å². The number of halogens is 1. The summed E-state index contributed by atoms with van der Waals surface area (Å²) in [5, 5.41) is 4.40. The van der Waals surface area contributed by atoms with Crippen molar-refractivity contribution in [2.24, 2.45) is 0 Å². The zero-order chi connectivity index (χ0) is 13.7. The lowest BCUT2D eigenvalue weighted by Gasteiger charge is -2.04. The number of aryl methyl sites for hydroxylation is 1. The normalized spacial score (nSPS) is 10.4. The fraction of sp³-hybridized carbons (Fsp3) is 0.286. The maximum Gasteiger partial charge on any atom is 0.356 e. The molecule has 0 amide bonds. The minimum absolute atomic E-state index is 0.339. The van der Waals surface area contributed by atoms with E-state index in [2.05, 4.69) is 5.10 Å². The third-order valence-corrected chi connectivity index (χ3v) is 2.80. The van der Waals surface area contributed by atoms with E-state index >= 15 is 0 Å². The van der Waals surface area contributed by atoms with E-state index in [4.69, 9.17) is 16.3 Å². The first-order valence-electron chi connectivity index (χ1n) is 6.12. The molecule has 1 aromatic carbocycles. The third-order valence-electron chi connectivity index (χ3n) is 2.63. The summed E-state index contributed by atoms with van der Waals surface area (Å²) in [5.74, 6) is 0.0183. The van der Waals surface area contributed by atoms with Gasteiger partial charge in [0, 0.05) is 11.4 Å². The van der Waals surface area contributed by atoms with Crippen LogP contribution in [0.4, 0.5) is 0 Å². The molecule has 0 bridgehead atoms. The molecule has 100 valence electrons. The SMILES string of the molecule is CCOC(=O)c1cc(-c2ccccc2)nn1CCCl. The van der Waals surface area contributed by atoms with Crippen LogP contribution in [0.5, 0.6) is 0 Å². The van der Waals surface area contributed by atoms with E-state index in [-0.39, 0.29) is 5.97 Å². The van der Waals surface area contributed by atoms with Crippen molar-refractivity contribution in [2.45, 2.75) is 13.5 Å². The van der Waals surface area contributed by atoms with Gasteiger partial charge in [0.25, 0.3) is 0 Å². The van der Waals surface area contributed by atoms with Crippen LogP contribution in [0.1, 0.15) is 17.4 Å². The van der Waals surface area contributed by atoms with Crippen LogP contribution in [0.3, 0.4) is 0 Å². The molecule has 0 aliphatic carbocycles. The number of benzene rings is 1. The molecule has 0 aliphatic heterocycles. The van der Waals surface area contributed by atoms with Gasteiger partial charge in [-0.3, -0.25) is 4.68 Å². The molecule has 2 rings (SSSR count). The molecule has 0 unspecified atom stereocenters. The lowest BCUT2D eigenvalue weighted by molar-refractivity contribution is 0.0512. The molecule has 0 atom stereocenters. The molecule has 0 fully saturated rings. The van der Waals surface area contributed by atoms with E-state index in [1.165, 1.54) is 0 Å². The Labute approximate surface area is 116 Å². The molecular weight excluding hydrogens is 264 g/mol. The average molecular weight is 279 g/mol. The summed E-state index contributed by atoms with van der Waals surface area (Å²) in [7, 11) is 0. The predicted molar refractivity (Wildman–Crippen MR) is 74.3 cm³/mol. The van der Waals surface area contributed by atoms with Crippen LogP contribution in [0.2, 0.25) is 0 Å². The Hall–Kier alpha value is -1.81. The van der Waals surface area contributed by atoms with Gasteiger partial charge >= 0.3 is 5.97 Å². The van der Waals surface area contributed by atoms with Crippen LogP contribution in [-0.4, -0.2) is 28.2 Å². The number of carbonyl (C=O) groups excluding carboxylic acids is 1. The predicted octanol–water partition coefficient (Wildman–Crippen LogP) is 2.97. The number of hydrogen-bond donors (Lipinski definition) is 0. The molecule has 1 aromatic heterocycles. The second-order valence-corrected chi connectivity index (χ2v) is 4.29. The van der Waals surface area contributed by atoms with Gasteiger partial charge in [-0.05, 0) is 13.0 Å². The van der Waals surface area contributed by atoms with E-state index < -0.39 is 0 Å². The van der Waals surface area contributed by atoms with Crippen molar-refractivity contribution in [3.8, 4) is 11.3 Å². The van der Waals surface area contributed by atoms with Gasteiger partial charge in [-0.1, -0.05) is 30.3 Å². The molecule has 19 heavy (non-hydrogen) atoms. The molecule has 0 saturated heterocycles. The number of rotatable bonds is 5. The van der Waals surface area contributed by atoms with Crippen molar-refractivity contribution < 1.29 is 9.53 Å². The van der Waals surface area contributed by atoms with Gasteiger partial charge < -0.3 is 4.74 Å². The van der Waals surface area contributed by atoms with E-state index in [9.17, 15) is 4.79 Å². The summed E-state index contributed by atoms with van der Waals surface area (Å²) in [5.41, 5.74) is 2.14. The average Bonchev–Trinajstić information content (AvgIpc) is 2.85. The zero-order valence-electron chi connectivity index (χ0n) is 10.7. The van der Waals surface area contributed by atoms with Gasteiger partial charge in [-0.25, -0.2) is 4.79 Å². The molecule has 1 heterocycles. The van der Waals surface area contributed by atoms with E-state index in [0.29, 0.717) is 24.7 Å². The van der Waals surface area contributed by atoms with Crippen LogP contribution in [0, 0.1) is 0 Å². The summed E-state index contributed by atoms with van der Waals surface area (Å²) in [6.45, 7) is 2.59. The maximum atomic E-state index is 11.9. The number of alkyl halides is 1. The highest BCUT2D eigenvalue weighted by Gasteiger charge is 2.16. The van der Waals surface area contributed by atoms with E-state index in [1.54, 1.807) is 17.7 Å². The molecule has 0 aliphatic rings. The fourth-order valence-corrected chi connectivity index (χ4v) is 1.95. The largest absolute Gasteiger partial charge is 0.461 e. The van der Waals surface area contributed by atoms with Crippen molar-refractivity contribution in [2.75, 3.05) is 12.5 Å². The van der Waals surface area contributed by atoms with Crippen LogP contribution >= 0.6 is 11.6 Å². The van der Waals surface area contributed by atoms with Crippen molar-refractivity contribution in [1.29, 1.82) is 0 Å². The number of carbonyl (C=O) groups is 1. The molecule has 0 N–H and O–H groups in total. The van der Waals surface area contributed by atoms with Crippen LogP contribution in [0.15, 0.2) is 36.4 Å². The van der Waals surface area contributed by atoms with Gasteiger partial charge in [0.1, 0.15) is 5.69 Å². The van der Waals surface area contributed by atoms with Crippen molar-refractivity contribution >= 4 is 17.6 Å². The van der Waals surface area contributed by atoms with Gasteiger partial charge in [-0.2, -0.15) is 5.10 Å². The molecule has 4 nitrogen and oxygen atoms in total. The minimum atomic E-state index is -0.373. The van der Waals surface area contributed by atoms with Gasteiger partial charge in [0.15, 0.2) is 0 Å². The smallest absolute Gasteiger partial charge is 0.356 e. The van der Waals surface area contributed by atoms with Crippen LogP contribution in [0.25, 0.3) is 11.3 Å². The summed E-state index contributed by atoms with van der Waals surface area (Å²) in [4.78, 5) is 11.9. The Morgan fingerprint density at radius 3 is 2.74 bits per heavy atom. The Morgan fingerprint density at radius 2 is 2.11 bits per heavy atom. The minimum Gasteiger partial charge on any atom is -0.461 e. The fourth-order valence-electron chi connectivity index (χ4n) is 1.79. The molecule has 0 radical (unpaired) electrons. The summed E-state index contributed by atoms with van der Waals surface area (Å²) < 4.78 is 6.61. The quantitative estimate of drug-likeness (QED) is 0.624. The summed E-state index contributed by atoms with van der Waals surface area (Å²) >= 11 is 5.73. The highest BCUT2D eigenvalue weighted by Crippen LogP contribution is 2.19. The molecule has 0 spiro atoms. The lowest BCUT2D eigenvalue weighted by atomic mass is 10.1. The highest BCUT2D eigenvalue weighted by molar-refractivity contribution is 6.17. The number of hydrogen-bond acceptors (Lipinski definition) is 3. The first kappa shape index (κ1) is 13.6.